The summed E-state index contributed by atoms with van der Waals surface area (Å²) in [5, 5.41) is 0. The lowest BCUT2D eigenvalue weighted by atomic mass is 9.69. The van der Waals surface area contributed by atoms with Crippen LogP contribution in [-0.4, -0.2) is 24.5 Å². The molecule has 0 N–H and O–H groups in total. The number of benzene rings is 1. The van der Waals surface area contributed by atoms with Gasteiger partial charge in [-0.2, -0.15) is 0 Å². The summed E-state index contributed by atoms with van der Waals surface area (Å²) < 4.78 is 0. The van der Waals surface area contributed by atoms with Crippen molar-refractivity contribution >= 4 is 0 Å². The molecule has 1 fully saturated rings. The van der Waals surface area contributed by atoms with Gasteiger partial charge >= 0.3 is 0 Å². The Hall–Kier alpha value is -1.86. The van der Waals surface area contributed by atoms with Crippen LogP contribution < -0.4 is 0 Å². The van der Waals surface area contributed by atoms with Crippen molar-refractivity contribution in [3.63, 3.8) is 0 Å². The van der Waals surface area contributed by atoms with Gasteiger partial charge in [-0.05, 0) is 94.1 Å². The molecular weight excluding hydrogens is 410 g/mol. The smallest absolute Gasteiger partial charge is 0.0120 e. The van der Waals surface area contributed by atoms with Gasteiger partial charge < -0.3 is 4.90 Å². The molecule has 0 saturated carbocycles. The quantitative estimate of drug-likeness (QED) is 0.347. The zero-order valence-corrected chi connectivity index (χ0v) is 23.4. The Balaban J connectivity index is 0.000000483. The third-order valence-corrected chi connectivity index (χ3v) is 7.15. The number of allylic oxidation sites excluding steroid dienone is 7. The van der Waals surface area contributed by atoms with Gasteiger partial charge in [0.2, 0.25) is 0 Å². The van der Waals surface area contributed by atoms with Gasteiger partial charge in [-0.25, -0.2) is 0 Å². The Kier molecular flexibility index (Phi) is 15.6. The molecule has 0 aromatic heterocycles. The summed E-state index contributed by atoms with van der Waals surface area (Å²) >= 11 is 0. The van der Waals surface area contributed by atoms with Gasteiger partial charge in [-0.3, -0.25) is 0 Å². The van der Waals surface area contributed by atoms with Crippen molar-refractivity contribution < 1.29 is 0 Å². The third-order valence-electron chi connectivity index (χ3n) is 7.15. The molecular formula is C33H53N. The Bertz CT molecular complexity index is 761. The van der Waals surface area contributed by atoms with Crippen LogP contribution in [0.25, 0.3) is 0 Å². The van der Waals surface area contributed by atoms with Crippen LogP contribution in [-0.2, 0) is 0 Å². The largest absolute Gasteiger partial charge is 0.303 e. The lowest BCUT2D eigenvalue weighted by Crippen LogP contribution is -2.21. The Morgan fingerprint density at radius 2 is 1.76 bits per heavy atom. The number of hydrogen-bond acceptors (Lipinski definition) is 1. The molecule has 1 nitrogen and oxygen atoms in total. The summed E-state index contributed by atoms with van der Waals surface area (Å²) in [6.45, 7) is 23.4. The van der Waals surface area contributed by atoms with Crippen LogP contribution in [0.2, 0.25) is 0 Å². The molecule has 190 valence electrons. The molecule has 0 amide bonds. The van der Waals surface area contributed by atoms with Gasteiger partial charge in [0.05, 0.1) is 0 Å². The summed E-state index contributed by atoms with van der Waals surface area (Å²) in [6.07, 6.45) is 16.7. The van der Waals surface area contributed by atoms with E-state index in [1.807, 2.05) is 13.8 Å². The predicted octanol–water partition coefficient (Wildman–Crippen LogP) is 9.75. The fourth-order valence-corrected chi connectivity index (χ4v) is 5.21. The summed E-state index contributed by atoms with van der Waals surface area (Å²) in [5.41, 5.74) is 5.89. The highest BCUT2D eigenvalue weighted by Crippen LogP contribution is 2.45. The van der Waals surface area contributed by atoms with Crippen LogP contribution in [0.15, 0.2) is 77.9 Å². The summed E-state index contributed by atoms with van der Waals surface area (Å²) in [4.78, 5) is 2.54. The first-order valence-corrected chi connectivity index (χ1v) is 14.0. The van der Waals surface area contributed by atoms with E-state index in [4.69, 9.17) is 0 Å². The average molecular weight is 464 g/mol. The standard InChI is InChI=1S/C24H32.C7H15N.C2H6/c1-6-12-21-15-16-23(20(8-3)17-18(4)7-2)24(19(21)5)22-13-10-9-11-14-22;1-2-5-8-6-3-4-7-8;1-2/h6,8-14,17-18,23-24H,3,7,15-16H2,1-2,4-5H3;2-7H2,1H3;1-2H3/b12-6-,20-17+;;. The van der Waals surface area contributed by atoms with Crippen LogP contribution in [0.3, 0.4) is 0 Å². The first-order chi connectivity index (χ1) is 16.5. The molecule has 1 aliphatic heterocycles. The molecule has 1 saturated heterocycles. The van der Waals surface area contributed by atoms with Crippen LogP contribution in [0.4, 0.5) is 0 Å². The fraction of sp³-hybridized carbons (Fsp3) is 0.576. The summed E-state index contributed by atoms with van der Waals surface area (Å²) in [7, 11) is 0. The Labute approximate surface area is 212 Å². The van der Waals surface area contributed by atoms with E-state index >= 15 is 0 Å². The van der Waals surface area contributed by atoms with Crippen molar-refractivity contribution in [2.45, 2.75) is 92.9 Å². The highest BCUT2D eigenvalue weighted by atomic mass is 15.1. The number of nitrogens with zero attached hydrogens (tertiary/aromatic N) is 1. The SMILES string of the molecule is C=C/C(=C\C(C)CC)C1CCC(/C=C\C)=C(C)C1c1ccccc1.CC.CCCN1CCCC1. The van der Waals surface area contributed by atoms with E-state index in [-0.39, 0.29) is 0 Å². The van der Waals surface area contributed by atoms with Crippen LogP contribution in [0.5, 0.6) is 0 Å². The predicted molar refractivity (Wildman–Crippen MR) is 154 cm³/mol. The zero-order chi connectivity index (χ0) is 25.3. The molecule has 1 heterocycles. The van der Waals surface area contributed by atoms with Gasteiger partial charge in [0.1, 0.15) is 0 Å². The summed E-state index contributed by atoms with van der Waals surface area (Å²) in [5.74, 6) is 1.60. The Morgan fingerprint density at radius 3 is 2.29 bits per heavy atom. The van der Waals surface area contributed by atoms with Crippen LogP contribution >= 0.6 is 0 Å². The minimum absolute atomic E-state index is 0.458. The van der Waals surface area contributed by atoms with Gasteiger partial charge in [0.15, 0.2) is 0 Å². The van der Waals surface area contributed by atoms with Gasteiger partial charge in [-0.1, -0.05) is 108 Å². The maximum atomic E-state index is 4.13. The lowest BCUT2D eigenvalue weighted by molar-refractivity contribution is 0.339. The zero-order valence-electron chi connectivity index (χ0n) is 23.4. The maximum Gasteiger partial charge on any atom is 0.0120 e. The minimum Gasteiger partial charge on any atom is -0.303 e. The van der Waals surface area contributed by atoms with Gasteiger partial charge in [0.25, 0.3) is 0 Å². The fourth-order valence-electron chi connectivity index (χ4n) is 5.21. The number of hydrogen-bond donors (Lipinski definition) is 0. The first kappa shape index (κ1) is 30.2. The lowest BCUT2D eigenvalue weighted by Gasteiger charge is -2.35. The van der Waals surface area contributed by atoms with E-state index in [0.717, 1.165) is 6.42 Å². The number of likely N-dealkylation sites (tertiary alicyclic amines) is 1. The molecule has 0 radical (unpaired) electrons. The van der Waals surface area contributed by atoms with E-state index in [2.05, 4.69) is 101 Å². The average Bonchev–Trinajstić information content (AvgIpc) is 3.39. The van der Waals surface area contributed by atoms with Crippen molar-refractivity contribution in [3.8, 4) is 0 Å². The van der Waals surface area contributed by atoms with E-state index in [1.54, 1.807) is 0 Å². The second-order valence-corrected chi connectivity index (χ2v) is 9.55. The van der Waals surface area contributed by atoms with E-state index in [1.165, 1.54) is 74.0 Å². The Morgan fingerprint density at radius 1 is 1.12 bits per heavy atom. The maximum absolute atomic E-state index is 4.13. The molecule has 1 aliphatic carbocycles. The van der Waals surface area contributed by atoms with Gasteiger partial charge in [0, 0.05) is 5.92 Å². The second-order valence-electron chi connectivity index (χ2n) is 9.55. The normalized spacial score (nSPS) is 22.0. The molecule has 0 bridgehead atoms. The van der Waals surface area contributed by atoms with Gasteiger partial charge in [-0.15, -0.1) is 0 Å². The molecule has 3 atom stereocenters. The second kappa shape index (κ2) is 17.6. The first-order valence-electron chi connectivity index (χ1n) is 14.0. The molecule has 34 heavy (non-hydrogen) atoms. The van der Waals surface area contributed by atoms with Crippen molar-refractivity contribution in [3.05, 3.63) is 83.5 Å². The topological polar surface area (TPSA) is 3.24 Å². The highest BCUT2D eigenvalue weighted by molar-refractivity contribution is 5.42. The van der Waals surface area contributed by atoms with Crippen molar-refractivity contribution in [2.24, 2.45) is 11.8 Å². The van der Waals surface area contributed by atoms with Crippen LogP contribution in [0, 0.1) is 11.8 Å². The summed E-state index contributed by atoms with van der Waals surface area (Å²) in [6, 6.07) is 11.0. The van der Waals surface area contributed by atoms with Crippen molar-refractivity contribution in [2.75, 3.05) is 19.6 Å². The van der Waals surface area contributed by atoms with Crippen molar-refractivity contribution in [1.82, 2.24) is 4.90 Å². The molecule has 0 spiro atoms. The highest BCUT2D eigenvalue weighted by Gasteiger charge is 2.31. The number of rotatable bonds is 8. The molecule has 1 heteroatoms. The van der Waals surface area contributed by atoms with E-state index < -0.39 is 0 Å². The molecule has 2 aliphatic rings. The van der Waals surface area contributed by atoms with E-state index in [0.29, 0.717) is 17.8 Å². The minimum atomic E-state index is 0.458. The van der Waals surface area contributed by atoms with Crippen LogP contribution in [0.1, 0.15) is 98.5 Å². The molecule has 1 aromatic rings. The molecule has 3 rings (SSSR count). The van der Waals surface area contributed by atoms with E-state index in [9.17, 15) is 0 Å². The molecule has 1 aromatic carbocycles. The monoisotopic (exact) mass is 463 g/mol. The molecule has 3 unspecified atom stereocenters. The van der Waals surface area contributed by atoms with Crippen molar-refractivity contribution in [1.29, 1.82) is 0 Å². The third kappa shape index (κ3) is 9.41.